The number of rotatable bonds is 3. The summed E-state index contributed by atoms with van der Waals surface area (Å²) in [4.78, 5) is 15.6. The molecule has 0 aliphatic rings. The van der Waals surface area contributed by atoms with Crippen LogP contribution in [0.4, 0.5) is 0 Å². The number of fused-ring (bicyclic) bond motifs is 1. The number of carbonyl (C=O) groups excluding carboxylic acids is 1. The number of methoxy groups -OCH3 is 2. The first kappa shape index (κ1) is 11.4. The fourth-order valence-electron chi connectivity index (χ4n) is 1.64. The van der Waals surface area contributed by atoms with Gasteiger partial charge in [-0.05, 0) is 12.1 Å². The molecule has 0 fully saturated rings. The van der Waals surface area contributed by atoms with Gasteiger partial charge in [0.1, 0.15) is 11.3 Å². The van der Waals surface area contributed by atoms with Gasteiger partial charge in [0.15, 0.2) is 0 Å². The molecular formula is C13H13NO3. The van der Waals surface area contributed by atoms with E-state index in [1.165, 1.54) is 7.11 Å². The van der Waals surface area contributed by atoms with Gasteiger partial charge >= 0.3 is 5.97 Å². The van der Waals surface area contributed by atoms with Gasteiger partial charge in [-0.3, -0.25) is 4.79 Å². The molecule has 1 aromatic carbocycles. The molecule has 0 bridgehead atoms. The largest absolute Gasteiger partial charge is 0.494 e. The van der Waals surface area contributed by atoms with Crippen LogP contribution in [-0.4, -0.2) is 25.2 Å². The number of benzene rings is 1. The van der Waals surface area contributed by atoms with Gasteiger partial charge in [-0.25, -0.2) is 4.98 Å². The summed E-state index contributed by atoms with van der Waals surface area (Å²) in [6.07, 6.45) is 0.171. The van der Waals surface area contributed by atoms with Crippen molar-refractivity contribution in [3.05, 3.63) is 36.0 Å². The highest BCUT2D eigenvalue weighted by Gasteiger charge is 2.07. The van der Waals surface area contributed by atoms with Crippen LogP contribution in [-0.2, 0) is 16.0 Å². The van der Waals surface area contributed by atoms with Crippen LogP contribution in [0, 0.1) is 0 Å². The third-order valence-corrected chi connectivity index (χ3v) is 2.51. The van der Waals surface area contributed by atoms with Crippen LogP contribution in [0.1, 0.15) is 5.69 Å². The zero-order chi connectivity index (χ0) is 12.3. The summed E-state index contributed by atoms with van der Waals surface area (Å²) in [7, 11) is 2.97. The maximum atomic E-state index is 11.2. The summed E-state index contributed by atoms with van der Waals surface area (Å²) in [6, 6.07) is 9.44. The van der Waals surface area contributed by atoms with Crippen LogP contribution in [0.25, 0.3) is 10.9 Å². The first-order valence-electron chi connectivity index (χ1n) is 5.24. The van der Waals surface area contributed by atoms with Crippen molar-refractivity contribution in [1.29, 1.82) is 0 Å². The Labute approximate surface area is 99.2 Å². The summed E-state index contributed by atoms with van der Waals surface area (Å²) in [6.45, 7) is 0. The number of hydrogen-bond acceptors (Lipinski definition) is 4. The predicted molar refractivity (Wildman–Crippen MR) is 64.0 cm³/mol. The molecule has 0 saturated carbocycles. The SMILES string of the molecule is COC(=O)Cc1ccc2cccc(OC)c2n1. The van der Waals surface area contributed by atoms with E-state index in [4.69, 9.17) is 4.74 Å². The summed E-state index contributed by atoms with van der Waals surface area (Å²) >= 11 is 0. The number of nitrogens with zero attached hydrogens (tertiary/aromatic N) is 1. The van der Waals surface area contributed by atoms with Crippen molar-refractivity contribution in [3.63, 3.8) is 0 Å². The van der Waals surface area contributed by atoms with Crippen LogP contribution >= 0.6 is 0 Å². The molecule has 17 heavy (non-hydrogen) atoms. The lowest BCUT2D eigenvalue weighted by atomic mass is 10.1. The highest BCUT2D eigenvalue weighted by atomic mass is 16.5. The van der Waals surface area contributed by atoms with Crippen molar-refractivity contribution in [3.8, 4) is 5.75 Å². The minimum Gasteiger partial charge on any atom is -0.494 e. The second kappa shape index (κ2) is 4.82. The molecule has 1 aromatic heterocycles. The van der Waals surface area contributed by atoms with Crippen molar-refractivity contribution in [1.82, 2.24) is 4.98 Å². The van der Waals surface area contributed by atoms with Crippen LogP contribution in [0.3, 0.4) is 0 Å². The molecule has 2 rings (SSSR count). The average Bonchev–Trinajstić information content (AvgIpc) is 2.37. The number of pyridine rings is 1. The molecule has 0 aliphatic carbocycles. The fourth-order valence-corrected chi connectivity index (χ4v) is 1.64. The second-order valence-electron chi connectivity index (χ2n) is 3.59. The first-order chi connectivity index (χ1) is 8.24. The Hall–Kier alpha value is -2.10. The van der Waals surface area contributed by atoms with E-state index in [1.54, 1.807) is 7.11 Å². The molecule has 0 spiro atoms. The second-order valence-corrected chi connectivity index (χ2v) is 3.59. The van der Waals surface area contributed by atoms with E-state index in [0.29, 0.717) is 11.4 Å². The van der Waals surface area contributed by atoms with Gasteiger partial charge in [-0.1, -0.05) is 18.2 Å². The summed E-state index contributed by atoms with van der Waals surface area (Å²) in [5, 5.41) is 0.984. The van der Waals surface area contributed by atoms with E-state index in [0.717, 1.165) is 10.9 Å². The molecular weight excluding hydrogens is 218 g/mol. The smallest absolute Gasteiger partial charge is 0.311 e. The number of para-hydroxylation sites is 1. The molecule has 0 unspecified atom stereocenters. The number of ether oxygens (including phenoxy) is 2. The molecule has 88 valence electrons. The third kappa shape index (κ3) is 2.36. The maximum absolute atomic E-state index is 11.2. The maximum Gasteiger partial charge on any atom is 0.311 e. The standard InChI is InChI=1S/C13H13NO3/c1-16-11-5-3-4-9-6-7-10(14-13(9)11)8-12(15)17-2/h3-7H,8H2,1-2H3. The highest BCUT2D eigenvalue weighted by Crippen LogP contribution is 2.23. The quantitative estimate of drug-likeness (QED) is 0.758. The molecule has 2 aromatic rings. The lowest BCUT2D eigenvalue weighted by Crippen LogP contribution is -2.06. The Morgan fingerprint density at radius 2 is 2.06 bits per heavy atom. The molecule has 0 saturated heterocycles. The van der Waals surface area contributed by atoms with Gasteiger partial charge in [0.05, 0.1) is 26.3 Å². The van der Waals surface area contributed by atoms with Crippen molar-refractivity contribution in [2.45, 2.75) is 6.42 Å². The van der Waals surface area contributed by atoms with E-state index in [-0.39, 0.29) is 12.4 Å². The molecule has 4 nitrogen and oxygen atoms in total. The monoisotopic (exact) mass is 231 g/mol. The van der Waals surface area contributed by atoms with Crippen molar-refractivity contribution >= 4 is 16.9 Å². The zero-order valence-electron chi connectivity index (χ0n) is 9.77. The van der Waals surface area contributed by atoms with Crippen LogP contribution < -0.4 is 4.74 Å². The highest BCUT2D eigenvalue weighted by molar-refractivity contribution is 5.85. The van der Waals surface area contributed by atoms with Gasteiger partial charge in [-0.2, -0.15) is 0 Å². The van der Waals surface area contributed by atoms with Crippen LogP contribution in [0.5, 0.6) is 5.75 Å². The Balaban J connectivity index is 2.44. The summed E-state index contributed by atoms with van der Waals surface area (Å²) in [5.41, 5.74) is 1.44. The molecule has 0 N–H and O–H groups in total. The number of esters is 1. The number of carbonyl (C=O) groups is 1. The third-order valence-electron chi connectivity index (χ3n) is 2.51. The number of aromatic nitrogens is 1. The zero-order valence-corrected chi connectivity index (χ0v) is 9.77. The van der Waals surface area contributed by atoms with Gasteiger partial charge in [0.2, 0.25) is 0 Å². The van der Waals surface area contributed by atoms with E-state index in [9.17, 15) is 4.79 Å². The van der Waals surface area contributed by atoms with E-state index >= 15 is 0 Å². The molecule has 0 atom stereocenters. The lowest BCUT2D eigenvalue weighted by Gasteiger charge is -2.06. The predicted octanol–water partition coefficient (Wildman–Crippen LogP) is 1.96. The van der Waals surface area contributed by atoms with E-state index in [2.05, 4.69) is 9.72 Å². The Kier molecular flexibility index (Phi) is 3.23. The minimum absolute atomic E-state index is 0.171. The molecule has 0 amide bonds. The van der Waals surface area contributed by atoms with E-state index < -0.39 is 0 Å². The summed E-state index contributed by atoms with van der Waals surface area (Å²) in [5.74, 6) is 0.404. The molecule has 1 heterocycles. The van der Waals surface area contributed by atoms with Gasteiger partial charge in [-0.15, -0.1) is 0 Å². The van der Waals surface area contributed by atoms with Gasteiger partial charge < -0.3 is 9.47 Å². The Morgan fingerprint density at radius 3 is 2.76 bits per heavy atom. The molecule has 4 heteroatoms. The van der Waals surface area contributed by atoms with Crippen LogP contribution in [0.2, 0.25) is 0 Å². The van der Waals surface area contributed by atoms with E-state index in [1.807, 2.05) is 30.3 Å². The fraction of sp³-hybridized carbons (Fsp3) is 0.231. The normalized spacial score (nSPS) is 10.2. The first-order valence-corrected chi connectivity index (χ1v) is 5.24. The van der Waals surface area contributed by atoms with Crippen molar-refractivity contribution in [2.24, 2.45) is 0 Å². The number of hydrogen-bond donors (Lipinski definition) is 0. The van der Waals surface area contributed by atoms with Crippen LogP contribution in [0.15, 0.2) is 30.3 Å². The van der Waals surface area contributed by atoms with Gasteiger partial charge in [0, 0.05) is 5.39 Å². The Bertz CT molecular complexity index is 551. The Morgan fingerprint density at radius 1 is 1.24 bits per heavy atom. The lowest BCUT2D eigenvalue weighted by molar-refractivity contribution is -0.139. The minimum atomic E-state index is -0.299. The molecule has 0 aliphatic heterocycles. The van der Waals surface area contributed by atoms with Crippen molar-refractivity contribution < 1.29 is 14.3 Å². The average molecular weight is 231 g/mol. The topological polar surface area (TPSA) is 48.4 Å². The molecule has 0 radical (unpaired) electrons. The van der Waals surface area contributed by atoms with Gasteiger partial charge in [0.25, 0.3) is 0 Å². The van der Waals surface area contributed by atoms with Crippen molar-refractivity contribution in [2.75, 3.05) is 14.2 Å². The summed E-state index contributed by atoms with van der Waals surface area (Å²) < 4.78 is 9.85.